The fourth-order valence-corrected chi connectivity index (χ4v) is 2.79. The van der Waals surface area contributed by atoms with Gasteiger partial charge in [0.05, 0.1) is 24.0 Å². The molecule has 0 unspecified atom stereocenters. The van der Waals surface area contributed by atoms with E-state index < -0.39 is 0 Å². The van der Waals surface area contributed by atoms with Crippen LogP contribution < -0.4 is 10.6 Å². The summed E-state index contributed by atoms with van der Waals surface area (Å²) >= 11 is 0. The Morgan fingerprint density at radius 2 is 1.55 bits per heavy atom. The van der Waals surface area contributed by atoms with Crippen LogP contribution in [0.1, 0.15) is 0 Å². The molecule has 4 nitrogen and oxygen atoms in total. The molecule has 2 aromatic carbocycles. The zero-order valence-corrected chi connectivity index (χ0v) is 12.0. The van der Waals surface area contributed by atoms with Crippen molar-refractivity contribution >= 4 is 10.9 Å². The molecule has 4 heteroatoms. The molecule has 0 radical (unpaired) electrons. The van der Waals surface area contributed by atoms with Gasteiger partial charge in [-0.05, 0) is 12.1 Å². The van der Waals surface area contributed by atoms with Crippen LogP contribution in [0.3, 0.4) is 0 Å². The minimum absolute atomic E-state index is 0.0202. The highest BCUT2D eigenvalue weighted by Crippen LogP contribution is 2.19. The van der Waals surface area contributed by atoms with Gasteiger partial charge in [-0.15, -0.1) is 0 Å². The minimum atomic E-state index is -0.0202. The predicted molar refractivity (Wildman–Crippen MR) is 88.5 cm³/mol. The Bertz CT molecular complexity index is 905. The molecule has 0 fully saturated rings. The van der Waals surface area contributed by atoms with E-state index in [-0.39, 0.29) is 5.56 Å². The number of benzene rings is 2. The van der Waals surface area contributed by atoms with E-state index in [9.17, 15) is 4.79 Å². The summed E-state index contributed by atoms with van der Waals surface area (Å²) < 4.78 is 1.71. The van der Waals surface area contributed by atoms with Crippen LogP contribution in [-0.2, 0) is 0 Å². The van der Waals surface area contributed by atoms with Gasteiger partial charge in [0.15, 0.2) is 5.82 Å². The van der Waals surface area contributed by atoms with Crippen LogP contribution in [0.2, 0.25) is 0 Å². The Balaban J connectivity index is 2.05. The van der Waals surface area contributed by atoms with E-state index in [0.29, 0.717) is 11.2 Å². The lowest BCUT2D eigenvalue weighted by molar-refractivity contribution is 0.655. The summed E-state index contributed by atoms with van der Waals surface area (Å²) in [6, 6.07) is 17.4. The van der Waals surface area contributed by atoms with E-state index in [1.54, 1.807) is 4.68 Å². The van der Waals surface area contributed by atoms with Crippen molar-refractivity contribution < 1.29 is 0 Å². The highest BCUT2D eigenvalue weighted by atomic mass is 16.1. The van der Waals surface area contributed by atoms with Crippen molar-refractivity contribution in [1.82, 2.24) is 9.66 Å². The lowest BCUT2D eigenvalue weighted by Crippen LogP contribution is -2.42. The third-order valence-corrected chi connectivity index (χ3v) is 3.87. The first-order chi connectivity index (χ1) is 10.8. The molecule has 0 aliphatic carbocycles. The van der Waals surface area contributed by atoms with E-state index in [1.807, 2.05) is 59.6 Å². The molecular weight excluding hydrogens is 274 g/mol. The number of hydrogen-bond acceptors (Lipinski definition) is 3. The highest BCUT2D eigenvalue weighted by Gasteiger charge is 2.18. The van der Waals surface area contributed by atoms with Gasteiger partial charge in [0.2, 0.25) is 0 Å². The fourth-order valence-electron chi connectivity index (χ4n) is 2.79. The van der Waals surface area contributed by atoms with Crippen LogP contribution in [0.5, 0.6) is 0 Å². The number of para-hydroxylation sites is 1. The van der Waals surface area contributed by atoms with Crippen molar-refractivity contribution in [3.63, 3.8) is 0 Å². The van der Waals surface area contributed by atoms with Gasteiger partial charge in [0.25, 0.3) is 5.56 Å². The number of aromatic nitrogens is 2. The van der Waals surface area contributed by atoms with Gasteiger partial charge in [-0.1, -0.05) is 54.6 Å². The fraction of sp³-hybridized carbons (Fsp3) is 0.111. The quantitative estimate of drug-likeness (QED) is 0.681. The smallest absolute Gasteiger partial charge is 0.280 e. The number of nitrogens with zero attached hydrogens (tertiary/aromatic N) is 3. The number of hydrogen-bond donors (Lipinski definition) is 0. The Hall–Kier alpha value is -2.88. The van der Waals surface area contributed by atoms with Crippen molar-refractivity contribution in [3.8, 4) is 11.4 Å². The Kier molecular flexibility index (Phi) is 3.00. The van der Waals surface area contributed by atoms with E-state index in [2.05, 4.69) is 12.2 Å². The third kappa shape index (κ3) is 2.00. The first-order valence-electron chi connectivity index (χ1n) is 7.32. The summed E-state index contributed by atoms with van der Waals surface area (Å²) in [6.45, 7) is 1.44. The van der Waals surface area contributed by atoms with Gasteiger partial charge in [-0.3, -0.25) is 4.79 Å². The van der Waals surface area contributed by atoms with Crippen molar-refractivity contribution in [2.24, 2.45) is 0 Å². The summed E-state index contributed by atoms with van der Waals surface area (Å²) in [4.78, 5) is 17.7. The van der Waals surface area contributed by atoms with Crippen molar-refractivity contribution in [3.05, 3.63) is 77.1 Å². The lowest BCUT2D eigenvalue weighted by atomic mass is 10.2. The summed E-state index contributed by atoms with van der Waals surface area (Å²) in [5.74, 6) is 0.688. The van der Waals surface area contributed by atoms with E-state index >= 15 is 0 Å². The predicted octanol–water partition coefficient (Wildman–Crippen LogP) is 2.57. The van der Waals surface area contributed by atoms with Gasteiger partial charge in [-0.25, -0.2) is 9.66 Å². The van der Waals surface area contributed by atoms with E-state index in [0.717, 1.165) is 24.2 Å². The summed E-state index contributed by atoms with van der Waals surface area (Å²) in [7, 11) is 0. The third-order valence-electron chi connectivity index (χ3n) is 3.87. The van der Waals surface area contributed by atoms with E-state index in [1.165, 1.54) is 0 Å². The topological polar surface area (TPSA) is 38.1 Å². The molecule has 0 saturated carbocycles. The monoisotopic (exact) mass is 289 g/mol. The molecule has 0 bridgehead atoms. The second kappa shape index (κ2) is 5.15. The molecular formula is C18H15N3O. The lowest BCUT2D eigenvalue weighted by Gasteiger charge is -2.24. The van der Waals surface area contributed by atoms with Crippen molar-refractivity contribution in [1.29, 1.82) is 0 Å². The molecule has 108 valence electrons. The molecule has 22 heavy (non-hydrogen) atoms. The summed E-state index contributed by atoms with van der Waals surface area (Å²) in [5.41, 5.74) is 1.65. The zero-order chi connectivity index (χ0) is 14.9. The number of fused-ring (bicyclic) bond motifs is 1. The normalized spacial score (nSPS) is 13.9. The zero-order valence-electron chi connectivity index (χ0n) is 12.0. The van der Waals surface area contributed by atoms with Gasteiger partial charge < -0.3 is 5.01 Å². The molecule has 1 aliphatic heterocycles. The Labute approximate surface area is 127 Å². The number of rotatable bonds is 2. The first kappa shape index (κ1) is 12.8. The molecule has 0 saturated heterocycles. The molecule has 0 amide bonds. The maximum absolute atomic E-state index is 13.0. The molecule has 2 heterocycles. The molecule has 0 spiro atoms. The largest absolute Gasteiger partial charge is 0.300 e. The molecule has 0 N–H and O–H groups in total. The van der Waals surface area contributed by atoms with Crippen molar-refractivity contribution in [2.45, 2.75) is 0 Å². The van der Waals surface area contributed by atoms with Gasteiger partial charge in [0, 0.05) is 5.56 Å². The molecule has 1 aliphatic rings. The molecule has 1 aromatic heterocycles. The standard InChI is InChI=1S/C18H15N3O/c22-18-15-10-4-5-11-16(15)19-17(14-8-2-1-3-9-14)21(18)20-12-6-7-13-20/h1-11H,12-13H2. The molecule has 0 atom stereocenters. The second-order valence-corrected chi connectivity index (χ2v) is 5.28. The maximum Gasteiger partial charge on any atom is 0.280 e. The molecule has 3 aromatic rings. The maximum atomic E-state index is 13.0. The average molecular weight is 289 g/mol. The SMILES string of the molecule is O=c1c2ccccc2nc(-c2ccccc2)n1N1CC=CC1. The Morgan fingerprint density at radius 1 is 0.864 bits per heavy atom. The van der Waals surface area contributed by atoms with Crippen molar-refractivity contribution in [2.75, 3.05) is 18.1 Å². The van der Waals surface area contributed by atoms with Crippen LogP contribution in [0.15, 0.2) is 71.5 Å². The molecule has 4 rings (SSSR count). The van der Waals surface area contributed by atoms with Gasteiger partial charge in [-0.2, -0.15) is 0 Å². The summed E-state index contributed by atoms with van der Waals surface area (Å²) in [5, 5.41) is 2.65. The van der Waals surface area contributed by atoms with Gasteiger partial charge >= 0.3 is 0 Å². The van der Waals surface area contributed by atoms with Crippen LogP contribution in [0.25, 0.3) is 22.3 Å². The van der Waals surface area contributed by atoms with Crippen LogP contribution in [0.4, 0.5) is 0 Å². The van der Waals surface area contributed by atoms with Crippen LogP contribution >= 0.6 is 0 Å². The second-order valence-electron chi connectivity index (χ2n) is 5.28. The highest BCUT2D eigenvalue weighted by molar-refractivity contribution is 5.79. The van der Waals surface area contributed by atoms with Crippen LogP contribution in [-0.4, -0.2) is 22.7 Å². The average Bonchev–Trinajstić information content (AvgIpc) is 3.10. The summed E-state index contributed by atoms with van der Waals surface area (Å²) in [6.07, 6.45) is 4.13. The van der Waals surface area contributed by atoms with Crippen LogP contribution in [0, 0.1) is 0 Å². The van der Waals surface area contributed by atoms with E-state index in [4.69, 9.17) is 4.98 Å². The Morgan fingerprint density at radius 3 is 2.32 bits per heavy atom. The minimum Gasteiger partial charge on any atom is -0.300 e. The first-order valence-corrected chi connectivity index (χ1v) is 7.32. The van der Waals surface area contributed by atoms with Gasteiger partial charge in [0.1, 0.15) is 0 Å².